The number of aliphatic imine (C=N–C) groups is 1. The molecule has 1 aliphatic rings. The van der Waals surface area contributed by atoms with Gasteiger partial charge in [-0.2, -0.15) is 28.5 Å². The molecule has 1 fully saturated rings. The molecule has 296 valence electrons. The van der Waals surface area contributed by atoms with Crippen LogP contribution >= 0.6 is 23.5 Å². The summed E-state index contributed by atoms with van der Waals surface area (Å²) >= 11 is 2.57. The van der Waals surface area contributed by atoms with Gasteiger partial charge in [0.15, 0.2) is 12.5 Å². The lowest BCUT2D eigenvalue weighted by Crippen LogP contribution is -2.48. The summed E-state index contributed by atoms with van der Waals surface area (Å²) in [6.45, 7) is 6.28. The van der Waals surface area contributed by atoms with E-state index in [1.54, 1.807) is 12.0 Å². The summed E-state index contributed by atoms with van der Waals surface area (Å²) < 4.78 is 13.4. The number of aliphatic carboxylic acids is 2. The predicted octanol–water partition coefficient (Wildman–Crippen LogP) is 2.62. The zero-order valence-electron chi connectivity index (χ0n) is 30.8. The monoisotopic (exact) mass is 788 g/mol. The van der Waals surface area contributed by atoms with Crippen molar-refractivity contribution < 1.29 is 34.1 Å². The topological polar surface area (TPSA) is 250 Å². The van der Waals surface area contributed by atoms with Crippen molar-refractivity contribution in [1.82, 2.24) is 24.3 Å². The maximum atomic E-state index is 12.9. The molecule has 1 amide bonds. The summed E-state index contributed by atoms with van der Waals surface area (Å²) in [5, 5.41) is 21.5. The van der Waals surface area contributed by atoms with E-state index in [1.165, 1.54) is 23.5 Å². The maximum absolute atomic E-state index is 12.9. The number of nitrogens with one attached hydrogen (secondary N) is 1. The highest BCUT2D eigenvalue weighted by molar-refractivity contribution is 8.01. The van der Waals surface area contributed by atoms with Crippen LogP contribution in [0.15, 0.2) is 35.5 Å². The van der Waals surface area contributed by atoms with Gasteiger partial charge in [-0.3, -0.25) is 19.5 Å². The Labute approximate surface area is 323 Å². The maximum Gasteiger partial charge on any atom is 0.411 e. The number of ether oxygens (including phenoxy) is 2. The number of anilines is 2. The van der Waals surface area contributed by atoms with E-state index in [-0.39, 0.29) is 24.2 Å². The second-order valence-corrected chi connectivity index (χ2v) is 14.9. The van der Waals surface area contributed by atoms with Gasteiger partial charge >= 0.3 is 18.0 Å². The molecule has 0 spiro atoms. The molecule has 1 aliphatic heterocycles. The number of carbonyl (C=O) groups excluding carboxylic acids is 1. The standard InChI is InChI=1S/C35H52N10O7S2/c1-3-4-5-9-39-31-30-28(41-34(38)42-31)8-10-45(30)17-24-7-6-23(15-29(24)51-2)16-43-11-13-44(14-12-43)35(50)52-22-40-25(18-53-20-26(36)32(46)47)19-54-21-27(37)33(48)49/h6-8,10,15,26-27H,3-5,9,11-14,16-22,36-37H2,1-2H3,(H,46,47)(H,48,49)(H3,38,39,41,42)/b40-25-/t26?,27-/m0/s1. The first-order valence-electron chi connectivity index (χ1n) is 17.8. The zero-order valence-corrected chi connectivity index (χ0v) is 32.4. The number of amides is 1. The first kappa shape index (κ1) is 42.4. The molecule has 3 aromatic rings. The lowest BCUT2D eigenvalue weighted by atomic mass is 10.1. The number of hydrogen-bond donors (Lipinski definition) is 6. The molecule has 9 N–H and O–H groups in total. The Morgan fingerprint density at radius 1 is 0.981 bits per heavy atom. The molecule has 0 aliphatic carbocycles. The van der Waals surface area contributed by atoms with Crippen molar-refractivity contribution >= 4 is 70.1 Å². The fourth-order valence-electron chi connectivity index (χ4n) is 5.66. The number of rotatable bonds is 22. The largest absolute Gasteiger partial charge is 0.496 e. The molecule has 2 aromatic heterocycles. The van der Waals surface area contributed by atoms with Gasteiger partial charge in [0.2, 0.25) is 5.95 Å². The summed E-state index contributed by atoms with van der Waals surface area (Å²) in [5.74, 6) is 0.569. The van der Waals surface area contributed by atoms with E-state index in [2.05, 4.69) is 54.9 Å². The van der Waals surface area contributed by atoms with Crippen LogP contribution in [-0.4, -0.2) is 140 Å². The summed E-state index contributed by atoms with van der Waals surface area (Å²) in [6.07, 6.45) is 4.81. The number of thioether (sulfide) groups is 2. The van der Waals surface area contributed by atoms with E-state index in [9.17, 15) is 14.4 Å². The number of nitrogen functional groups attached to an aromatic ring is 1. The Balaban J connectivity index is 1.29. The van der Waals surface area contributed by atoms with Crippen LogP contribution in [0.1, 0.15) is 37.3 Å². The van der Waals surface area contributed by atoms with Crippen molar-refractivity contribution in [2.75, 3.05) is 80.6 Å². The Kier molecular flexibility index (Phi) is 16.9. The number of carbonyl (C=O) groups is 3. The number of fused-ring (bicyclic) bond motifs is 1. The molecular formula is C35H52N10O7S2. The van der Waals surface area contributed by atoms with Gasteiger partial charge in [0.25, 0.3) is 0 Å². The highest BCUT2D eigenvalue weighted by atomic mass is 32.2. The van der Waals surface area contributed by atoms with Gasteiger partial charge < -0.3 is 51.7 Å². The summed E-state index contributed by atoms with van der Waals surface area (Å²) in [4.78, 5) is 52.2. The van der Waals surface area contributed by atoms with Gasteiger partial charge in [-0.25, -0.2) is 9.78 Å². The molecule has 1 saturated heterocycles. The first-order valence-corrected chi connectivity index (χ1v) is 20.1. The van der Waals surface area contributed by atoms with Crippen LogP contribution in [-0.2, 0) is 27.4 Å². The molecule has 54 heavy (non-hydrogen) atoms. The third-order valence-corrected chi connectivity index (χ3v) is 10.9. The molecule has 1 aromatic carbocycles. The molecule has 0 saturated carbocycles. The quantitative estimate of drug-likeness (QED) is 0.0632. The van der Waals surface area contributed by atoms with E-state index in [1.807, 2.05) is 12.3 Å². The molecule has 4 rings (SSSR count). The minimum absolute atomic E-state index is 0.171. The van der Waals surface area contributed by atoms with Gasteiger partial charge in [0.1, 0.15) is 23.3 Å². The second-order valence-electron chi connectivity index (χ2n) is 12.8. The molecule has 2 atom stereocenters. The van der Waals surface area contributed by atoms with Crippen molar-refractivity contribution in [3.05, 3.63) is 41.6 Å². The Morgan fingerprint density at radius 2 is 1.67 bits per heavy atom. The Hall–Kier alpha value is -4.30. The number of nitrogens with two attached hydrogens (primary N) is 3. The van der Waals surface area contributed by atoms with Gasteiger partial charge in [0, 0.05) is 79.8 Å². The number of hydrogen-bond acceptors (Lipinski definition) is 15. The first-order chi connectivity index (χ1) is 26.0. The van der Waals surface area contributed by atoms with Crippen LogP contribution in [0.25, 0.3) is 11.0 Å². The highest BCUT2D eigenvalue weighted by Gasteiger charge is 2.23. The molecular weight excluding hydrogens is 737 g/mol. The lowest BCUT2D eigenvalue weighted by molar-refractivity contribution is -0.138. The number of unbranched alkanes of at least 4 members (excludes halogenated alkanes) is 2. The summed E-state index contributed by atoms with van der Waals surface area (Å²) in [5.41, 5.74) is 21.6. The molecule has 19 heteroatoms. The average Bonchev–Trinajstić information content (AvgIpc) is 3.55. The van der Waals surface area contributed by atoms with Crippen LogP contribution in [0.4, 0.5) is 16.6 Å². The number of benzene rings is 1. The SMILES string of the molecule is CCCCCNc1nc(N)nc2ccn(Cc3ccc(CN4CCN(C(=O)OC/N=C(/CSCC(N)C(=O)O)CSC[C@H](N)C(=O)O)CC4)cc3OC)c12. The van der Waals surface area contributed by atoms with Gasteiger partial charge in [-0.05, 0) is 24.1 Å². The fraction of sp³-hybridized carbons (Fsp3) is 0.543. The Bertz CT molecular complexity index is 1710. The van der Waals surface area contributed by atoms with E-state index >= 15 is 0 Å². The minimum Gasteiger partial charge on any atom is -0.496 e. The second kappa shape index (κ2) is 21.6. The molecule has 0 bridgehead atoms. The van der Waals surface area contributed by atoms with E-state index in [0.717, 1.165) is 59.5 Å². The van der Waals surface area contributed by atoms with Crippen molar-refractivity contribution in [1.29, 1.82) is 0 Å². The zero-order chi connectivity index (χ0) is 39.0. The van der Waals surface area contributed by atoms with E-state index in [0.29, 0.717) is 56.5 Å². The fourth-order valence-corrected chi connectivity index (χ4v) is 7.68. The van der Waals surface area contributed by atoms with Crippen LogP contribution in [0.5, 0.6) is 5.75 Å². The van der Waals surface area contributed by atoms with Crippen molar-refractivity contribution in [3.8, 4) is 5.75 Å². The number of nitrogens with zero attached hydrogens (tertiary/aromatic N) is 6. The average molecular weight is 789 g/mol. The van der Waals surface area contributed by atoms with Crippen molar-refractivity contribution in [2.24, 2.45) is 16.5 Å². The summed E-state index contributed by atoms with van der Waals surface area (Å²) in [7, 11) is 1.67. The number of carboxylic acids is 2. The smallest absolute Gasteiger partial charge is 0.411 e. The number of methoxy groups -OCH3 is 1. The molecule has 1 unspecified atom stereocenters. The molecule has 3 heterocycles. The predicted molar refractivity (Wildman–Crippen MR) is 214 cm³/mol. The highest BCUT2D eigenvalue weighted by Crippen LogP contribution is 2.28. The van der Waals surface area contributed by atoms with Gasteiger partial charge in [0.05, 0.1) is 19.2 Å². The minimum atomic E-state index is -1.10. The molecule has 0 radical (unpaired) electrons. The van der Waals surface area contributed by atoms with Crippen LogP contribution in [0.2, 0.25) is 0 Å². The van der Waals surface area contributed by atoms with E-state index < -0.39 is 30.1 Å². The molecule has 17 nitrogen and oxygen atoms in total. The van der Waals surface area contributed by atoms with Crippen LogP contribution in [0.3, 0.4) is 0 Å². The van der Waals surface area contributed by atoms with Crippen molar-refractivity contribution in [2.45, 2.75) is 51.4 Å². The third kappa shape index (κ3) is 12.9. The van der Waals surface area contributed by atoms with Crippen LogP contribution < -0.4 is 27.3 Å². The van der Waals surface area contributed by atoms with Crippen molar-refractivity contribution in [3.63, 3.8) is 0 Å². The number of carboxylic acid groups (broad SMARTS) is 2. The van der Waals surface area contributed by atoms with Gasteiger partial charge in [-0.15, -0.1) is 0 Å². The van der Waals surface area contributed by atoms with Crippen LogP contribution in [0, 0.1) is 0 Å². The third-order valence-electron chi connectivity index (χ3n) is 8.67. The normalized spacial score (nSPS) is 14.9. The Morgan fingerprint density at radius 3 is 2.30 bits per heavy atom. The number of aromatic nitrogens is 3. The van der Waals surface area contributed by atoms with Gasteiger partial charge in [-0.1, -0.05) is 31.9 Å². The lowest BCUT2D eigenvalue weighted by Gasteiger charge is -2.34. The summed E-state index contributed by atoms with van der Waals surface area (Å²) in [6, 6.07) is 6.12. The van der Waals surface area contributed by atoms with E-state index in [4.69, 9.17) is 36.9 Å². The number of piperazine rings is 1.